The van der Waals surface area contributed by atoms with Crippen LogP contribution >= 0.6 is 11.6 Å². The normalized spacial score (nSPS) is 11.1. The van der Waals surface area contributed by atoms with E-state index in [1.165, 1.54) is 41.7 Å². The van der Waals surface area contributed by atoms with Crippen LogP contribution in [0.15, 0.2) is 77.7 Å². The lowest BCUT2D eigenvalue weighted by atomic mass is 10.2. The first-order chi connectivity index (χ1) is 14.3. The molecule has 152 valence electrons. The summed E-state index contributed by atoms with van der Waals surface area (Å²) in [6, 6.07) is 21.1. The van der Waals surface area contributed by atoms with E-state index in [9.17, 15) is 13.2 Å². The minimum absolute atomic E-state index is 0.0408. The average molecular weight is 441 g/mol. The molecule has 0 unspecified atom stereocenters. The highest BCUT2D eigenvalue weighted by atomic mass is 35.5. The van der Waals surface area contributed by atoms with E-state index >= 15 is 0 Å². The van der Waals surface area contributed by atoms with Crippen molar-refractivity contribution in [1.29, 1.82) is 5.26 Å². The highest BCUT2D eigenvalue weighted by molar-refractivity contribution is 7.89. The third kappa shape index (κ3) is 4.69. The summed E-state index contributed by atoms with van der Waals surface area (Å²) in [6.45, 7) is 0.168. The Labute approximate surface area is 179 Å². The van der Waals surface area contributed by atoms with Crippen molar-refractivity contribution < 1.29 is 17.9 Å². The number of halogens is 1. The van der Waals surface area contributed by atoms with Gasteiger partial charge in [-0.3, -0.25) is 0 Å². The highest BCUT2D eigenvalue weighted by Gasteiger charge is 2.24. The number of para-hydroxylation sites is 1. The van der Waals surface area contributed by atoms with Gasteiger partial charge in [-0.15, -0.1) is 0 Å². The molecule has 0 N–H and O–H groups in total. The summed E-state index contributed by atoms with van der Waals surface area (Å²) in [6.07, 6.45) is 0. The van der Waals surface area contributed by atoms with Crippen molar-refractivity contribution in [2.75, 3.05) is 7.05 Å². The maximum absolute atomic E-state index is 13.0. The Morgan fingerprint density at radius 3 is 2.43 bits per heavy atom. The zero-order valence-corrected chi connectivity index (χ0v) is 17.5. The second kappa shape index (κ2) is 9.09. The molecule has 30 heavy (non-hydrogen) atoms. The van der Waals surface area contributed by atoms with Gasteiger partial charge in [-0.25, -0.2) is 13.2 Å². The molecule has 0 amide bonds. The minimum atomic E-state index is -3.88. The molecule has 3 aromatic rings. The topological polar surface area (TPSA) is 87.5 Å². The lowest BCUT2D eigenvalue weighted by molar-refractivity contribution is 0.0734. The minimum Gasteiger partial charge on any atom is -0.421 e. The largest absolute Gasteiger partial charge is 0.421 e. The molecule has 0 fully saturated rings. The van der Waals surface area contributed by atoms with Gasteiger partial charge in [-0.1, -0.05) is 54.1 Å². The van der Waals surface area contributed by atoms with Crippen LogP contribution < -0.4 is 4.74 Å². The Kier molecular flexibility index (Phi) is 6.53. The third-order valence-electron chi connectivity index (χ3n) is 4.32. The summed E-state index contributed by atoms with van der Waals surface area (Å²) in [4.78, 5) is 12.5. The number of nitrogens with zero attached hydrogens (tertiary/aromatic N) is 2. The number of benzene rings is 3. The van der Waals surface area contributed by atoms with Crippen LogP contribution in [0.4, 0.5) is 0 Å². The summed E-state index contributed by atoms with van der Waals surface area (Å²) in [5.41, 5.74) is 0.886. The number of nitriles is 1. The van der Waals surface area contributed by atoms with E-state index in [4.69, 9.17) is 21.6 Å². The number of ether oxygens (including phenoxy) is 1. The molecule has 0 aliphatic carbocycles. The first kappa shape index (κ1) is 21.5. The fourth-order valence-electron chi connectivity index (χ4n) is 2.73. The van der Waals surface area contributed by atoms with E-state index in [1.807, 2.05) is 36.4 Å². The van der Waals surface area contributed by atoms with E-state index in [0.717, 1.165) is 5.56 Å². The predicted octanol–water partition coefficient (Wildman–Crippen LogP) is 4.25. The average Bonchev–Trinajstić information content (AvgIpc) is 2.75. The molecule has 8 heteroatoms. The van der Waals surface area contributed by atoms with Crippen molar-refractivity contribution in [3.8, 4) is 11.8 Å². The van der Waals surface area contributed by atoms with Crippen molar-refractivity contribution in [2.24, 2.45) is 0 Å². The van der Waals surface area contributed by atoms with Crippen molar-refractivity contribution in [3.05, 3.63) is 94.5 Å². The molecule has 0 saturated heterocycles. The second-order valence-electron chi connectivity index (χ2n) is 6.39. The molecule has 3 rings (SSSR count). The van der Waals surface area contributed by atoms with Crippen molar-refractivity contribution in [2.45, 2.75) is 11.4 Å². The van der Waals surface area contributed by atoms with Crippen LogP contribution in [0.3, 0.4) is 0 Å². The Morgan fingerprint density at radius 1 is 1.07 bits per heavy atom. The van der Waals surface area contributed by atoms with Crippen LogP contribution in [-0.2, 0) is 16.6 Å². The number of hydrogen-bond acceptors (Lipinski definition) is 5. The molecule has 0 spiro atoms. The van der Waals surface area contributed by atoms with Gasteiger partial charge in [0.15, 0.2) is 0 Å². The molecule has 6 nitrogen and oxygen atoms in total. The lowest BCUT2D eigenvalue weighted by Crippen LogP contribution is -2.26. The smallest absolute Gasteiger partial charge is 0.345 e. The van der Waals surface area contributed by atoms with Crippen LogP contribution in [-0.4, -0.2) is 25.7 Å². The Balaban J connectivity index is 1.88. The summed E-state index contributed by atoms with van der Waals surface area (Å²) >= 11 is 6.12. The molecule has 3 aromatic carbocycles. The van der Waals surface area contributed by atoms with Gasteiger partial charge in [0.2, 0.25) is 10.0 Å². The third-order valence-corrected chi connectivity index (χ3v) is 6.45. The molecule has 0 heterocycles. The van der Waals surface area contributed by atoms with Crippen LogP contribution in [0.25, 0.3) is 0 Å². The Hall–Kier alpha value is -3.18. The first-order valence-electron chi connectivity index (χ1n) is 8.84. The summed E-state index contributed by atoms with van der Waals surface area (Å²) in [7, 11) is -2.42. The fourth-order valence-corrected chi connectivity index (χ4v) is 4.11. The summed E-state index contributed by atoms with van der Waals surface area (Å²) in [5, 5.41) is 9.18. The molecular weight excluding hydrogens is 424 g/mol. The van der Waals surface area contributed by atoms with E-state index < -0.39 is 16.0 Å². The summed E-state index contributed by atoms with van der Waals surface area (Å²) in [5.74, 6) is -0.791. The van der Waals surface area contributed by atoms with Crippen molar-refractivity contribution >= 4 is 27.6 Å². The molecule has 0 bridgehead atoms. The van der Waals surface area contributed by atoms with E-state index in [1.54, 1.807) is 12.1 Å². The Bertz CT molecular complexity index is 1220. The van der Waals surface area contributed by atoms with Gasteiger partial charge in [0.25, 0.3) is 0 Å². The van der Waals surface area contributed by atoms with Crippen LogP contribution in [0, 0.1) is 11.3 Å². The van der Waals surface area contributed by atoms with Gasteiger partial charge in [-0.05, 0) is 35.9 Å². The zero-order valence-electron chi connectivity index (χ0n) is 15.9. The number of carbonyl (C=O) groups excluding carboxylic acids is 1. The maximum atomic E-state index is 13.0. The second-order valence-corrected chi connectivity index (χ2v) is 8.84. The van der Waals surface area contributed by atoms with Gasteiger partial charge in [-0.2, -0.15) is 9.57 Å². The molecule has 0 aliphatic heterocycles. The van der Waals surface area contributed by atoms with Crippen molar-refractivity contribution in [1.82, 2.24) is 4.31 Å². The van der Waals surface area contributed by atoms with Crippen LogP contribution in [0.5, 0.6) is 5.75 Å². The van der Waals surface area contributed by atoms with Crippen LogP contribution in [0.2, 0.25) is 5.02 Å². The van der Waals surface area contributed by atoms with Crippen LogP contribution in [0.1, 0.15) is 21.5 Å². The van der Waals surface area contributed by atoms with E-state index in [-0.39, 0.29) is 33.3 Å². The monoisotopic (exact) mass is 440 g/mol. The maximum Gasteiger partial charge on any atom is 0.345 e. The van der Waals surface area contributed by atoms with E-state index in [0.29, 0.717) is 0 Å². The SMILES string of the molecule is CN(Cc1ccccc1)S(=O)(=O)c1ccc(Cl)c(C(=O)Oc2ccccc2C#N)c1. The number of sulfonamides is 1. The number of rotatable bonds is 6. The van der Waals surface area contributed by atoms with Gasteiger partial charge in [0.05, 0.1) is 21.0 Å². The lowest BCUT2D eigenvalue weighted by Gasteiger charge is -2.18. The molecule has 0 atom stereocenters. The van der Waals surface area contributed by atoms with Gasteiger partial charge in [0, 0.05) is 13.6 Å². The van der Waals surface area contributed by atoms with Gasteiger partial charge < -0.3 is 4.74 Å². The Morgan fingerprint density at radius 2 is 1.73 bits per heavy atom. The quantitative estimate of drug-likeness (QED) is 0.422. The molecule has 0 aromatic heterocycles. The van der Waals surface area contributed by atoms with E-state index in [2.05, 4.69) is 0 Å². The number of carbonyl (C=O) groups is 1. The molecule has 0 saturated carbocycles. The summed E-state index contributed by atoms with van der Waals surface area (Å²) < 4.78 is 32.4. The molecule has 0 aliphatic rings. The standard InChI is InChI=1S/C22H17ClN2O4S/c1-25(15-16-7-3-2-4-8-16)30(27,28)18-11-12-20(23)19(13-18)22(26)29-21-10-6-5-9-17(21)14-24/h2-13H,15H2,1H3. The number of esters is 1. The fraction of sp³-hybridized carbons (Fsp3) is 0.0909. The van der Waals surface area contributed by atoms with Crippen molar-refractivity contribution in [3.63, 3.8) is 0 Å². The predicted molar refractivity (Wildman–Crippen MR) is 113 cm³/mol. The number of hydrogen-bond donors (Lipinski definition) is 0. The molecule has 0 radical (unpaired) electrons. The van der Waals surface area contributed by atoms with Gasteiger partial charge >= 0.3 is 5.97 Å². The highest BCUT2D eigenvalue weighted by Crippen LogP contribution is 2.26. The molecular formula is C22H17ClN2O4S. The zero-order chi connectivity index (χ0) is 21.7. The van der Waals surface area contributed by atoms with Gasteiger partial charge in [0.1, 0.15) is 11.8 Å². The first-order valence-corrected chi connectivity index (χ1v) is 10.7.